The molecule has 2 saturated heterocycles. The minimum atomic E-state index is -0.667. The molecule has 1 N–H and O–H groups in total. The second-order valence-electron chi connectivity index (χ2n) is 5.55. The number of ether oxygens (including phenoxy) is 1. The van der Waals surface area contributed by atoms with Gasteiger partial charge in [0.15, 0.2) is 0 Å². The summed E-state index contributed by atoms with van der Waals surface area (Å²) in [6.45, 7) is 2.22. The fourth-order valence-electron chi connectivity index (χ4n) is 3.42. The van der Waals surface area contributed by atoms with Crippen molar-refractivity contribution in [3.63, 3.8) is 0 Å². The van der Waals surface area contributed by atoms with Crippen molar-refractivity contribution in [2.45, 2.75) is 37.3 Å². The first-order valence-electron chi connectivity index (χ1n) is 6.82. The SMILES string of the molecule is COc1cccc(C2(O)CCN3CCCC3C2)c1. The predicted molar refractivity (Wildman–Crippen MR) is 70.7 cm³/mol. The number of rotatable bonds is 2. The highest BCUT2D eigenvalue weighted by Gasteiger charge is 2.41. The molecule has 3 rings (SSSR count). The summed E-state index contributed by atoms with van der Waals surface area (Å²) in [5.41, 5.74) is 0.341. The first-order chi connectivity index (χ1) is 8.71. The van der Waals surface area contributed by atoms with Crippen molar-refractivity contribution in [1.82, 2.24) is 4.90 Å². The van der Waals surface area contributed by atoms with Gasteiger partial charge in [0, 0.05) is 12.6 Å². The first kappa shape index (κ1) is 12.0. The van der Waals surface area contributed by atoms with Gasteiger partial charge in [0.1, 0.15) is 5.75 Å². The predicted octanol–water partition coefficient (Wildman–Crippen LogP) is 2.14. The van der Waals surface area contributed by atoms with Gasteiger partial charge in [-0.1, -0.05) is 12.1 Å². The third-order valence-electron chi connectivity index (χ3n) is 4.49. The number of methoxy groups -OCH3 is 1. The minimum Gasteiger partial charge on any atom is -0.497 e. The van der Waals surface area contributed by atoms with Crippen LogP contribution in [0.1, 0.15) is 31.2 Å². The van der Waals surface area contributed by atoms with Crippen molar-refractivity contribution < 1.29 is 9.84 Å². The van der Waals surface area contributed by atoms with E-state index in [0.717, 1.165) is 30.7 Å². The lowest BCUT2D eigenvalue weighted by atomic mass is 9.81. The van der Waals surface area contributed by atoms with E-state index in [9.17, 15) is 5.11 Å². The summed E-state index contributed by atoms with van der Waals surface area (Å²) in [5.74, 6) is 0.828. The summed E-state index contributed by atoms with van der Waals surface area (Å²) in [6, 6.07) is 8.46. The molecule has 2 aliphatic heterocycles. The highest BCUT2D eigenvalue weighted by molar-refractivity contribution is 5.33. The molecule has 0 aliphatic carbocycles. The van der Waals surface area contributed by atoms with E-state index in [0.29, 0.717) is 6.04 Å². The highest BCUT2D eigenvalue weighted by Crippen LogP contribution is 2.40. The summed E-state index contributed by atoms with van der Waals surface area (Å²) in [7, 11) is 1.67. The van der Waals surface area contributed by atoms with Crippen molar-refractivity contribution in [3.8, 4) is 5.75 Å². The second kappa shape index (κ2) is 4.56. The van der Waals surface area contributed by atoms with E-state index in [1.165, 1.54) is 19.4 Å². The molecule has 2 unspecified atom stereocenters. The Balaban J connectivity index is 1.85. The van der Waals surface area contributed by atoms with E-state index in [1.807, 2.05) is 24.3 Å². The Bertz CT molecular complexity index is 434. The zero-order chi connectivity index (χ0) is 12.6. The maximum Gasteiger partial charge on any atom is 0.119 e. The summed E-state index contributed by atoms with van der Waals surface area (Å²) >= 11 is 0. The Morgan fingerprint density at radius 2 is 2.28 bits per heavy atom. The van der Waals surface area contributed by atoms with E-state index >= 15 is 0 Å². The largest absolute Gasteiger partial charge is 0.497 e. The molecule has 0 aromatic heterocycles. The summed E-state index contributed by atoms with van der Waals surface area (Å²) in [6.07, 6.45) is 4.20. The number of hydrogen-bond donors (Lipinski definition) is 1. The average Bonchev–Trinajstić information content (AvgIpc) is 2.86. The molecule has 2 atom stereocenters. The molecule has 1 aromatic carbocycles. The Kier molecular flexibility index (Phi) is 3.04. The van der Waals surface area contributed by atoms with Gasteiger partial charge >= 0.3 is 0 Å². The normalized spacial score (nSPS) is 32.2. The van der Waals surface area contributed by atoms with Gasteiger partial charge < -0.3 is 14.7 Å². The Morgan fingerprint density at radius 3 is 3.11 bits per heavy atom. The molecule has 0 radical (unpaired) electrons. The molecule has 0 amide bonds. The first-order valence-corrected chi connectivity index (χ1v) is 6.82. The Morgan fingerprint density at radius 1 is 1.39 bits per heavy atom. The van der Waals surface area contributed by atoms with E-state index in [4.69, 9.17) is 4.74 Å². The van der Waals surface area contributed by atoms with Crippen molar-refractivity contribution in [3.05, 3.63) is 29.8 Å². The van der Waals surface area contributed by atoms with Gasteiger partial charge in [-0.3, -0.25) is 0 Å². The molecule has 2 aliphatic rings. The standard InChI is InChI=1S/C15H21NO2/c1-18-14-6-2-4-12(10-14)15(17)7-9-16-8-3-5-13(16)11-15/h2,4,6,10,13,17H,3,5,7-9,11H2,1H3. The van der Waals surface area contributed by atoms with Crippen molar-refractivity contribution in [2.24, 2.45) is 0 Å². The van der Waals surface area contributed by atoms with Gasteiger partial charge in [0.05, 0.1) is 12.7 Å². The molecule has 1 aromatic rings. The molecule has 98 valence electrons. The highest BCUT2D eigenvalue weighted by atomic mass is 16.5. The zero-order valence-corrected chi connectivity index (χ0v) is 10.9. The lowest BCUT2D eigenvalue weighted by Crippen LogP contribution is -2.45. The molecular weight excluding hydrogens is 226 g/mol. The van der Waals surface area contributed by atoms with Gasteiger partial charge in [0.2, 0.25) is 0 Å². The van der Waals surface area contributed by atoms with Crippen LogP contribution in [0, 0.1) is 0 Å². The second-order valence-corrected chi connectivity index (χ2v) is 5.55. The minimum absolute atomic E-state index is 0.565. The summed E-state index contributed by atoms with van der Waals surface area (Å²) in [5, 5.41) is 10.9. The Labute approximate surface area is 108 Å². The third-order valence-corrected chi connectivity index (χ3v) is 4.49. The van der Waals surface area contributed by atoms with Crippen molar-refractivity contribution >= 4 is 0 Å². The van der Waals surface area contributed by atoms with Crippen LogP contribution in [0.2, 0.25) is 0 Å². The van der Waals surface area contributed by atoms with E-state index in [1.54, 1.807) is 7.11 Å². The van der Waals surface area contributed by atoms with Gasteiger partial charge in [-0.2, -0.15) is 0 Å². The van der Waals surface area contributed by atoms with Crippen LogP contribution in [0.5, 0.6) is 5.75 Å². The number of piperidine rings is 1. The zero-order valence-electron chi connectivity index (χ0n) is 10.9. The molecule has 3 heteroatoms. The van der Waals surface area contributed by atoms with Gasteiger partial charge in [0.25, 0.3) is 0 Å². The smallest absolute Gasteiger partial charge is 0.119 e. The topological polar surface area (TPSA) is 32.7 Å². The molecular formula is C15H21NO2. The van der Waals surface area contributed by atoms with E-state index in [-0.39, 0.29) is 0 Å². The maximum atomic E-state index is 10.9. The van der Waals surface area contributed by atoms with Crippen molar-refractivity contribution in [1.29, 1.82) is 0 Å². The van der Waals surface area contributed by atoms with Crippen LogP contribution in [0.3, 0.4) is 0 Å². The number of benzene rings is 1. The lowest BCUT2D eigenvalue weighted by Gasteiger charge is -2.41. The molecule has 2 heterocycles. The monoisotopic (exact) mass is 247 g/mol. The number of fused-ring (bicyclic) bond motifs is 1. The fraction of sp³-hybridized carbons (Fsp3) is 0.600. The molecule has 3 nitrogen and oxygen atoms in total. The maximum absolute atomic E-state index is 10.9. The number of aliphatic hydroxyl groups is 1. The third kappa shape index (κ3) is 2.02. The van der Waals surface area contributed by atoms with Crippen molar-refractivity contribution in [2.75, 3.05) is 20.2 Å². The van der Waals surface area contributed by atoms with Crippen LogP contribution in [-0.2, 0) is 5.60 Å². The summed E-state index contributed by atoms with van der Waals surface area (Å²) < 4.78 is 5.26. The lowest BCUT2D eigenvalue weighted by molar-refractivity contribution is -0.0410. The Hall–Kier alpha value is -1.06. The number of nitrogens with zero attached hydrogens (tertiary/aromatic N) is 1. The molecule has 0 saturated carbocycles. The summed E-state index contributed by atoms with van der Waals surface area (Å²) in [4.78, 5) is 2.52. The quantitative estimate of drug-likeness (QED) is 0.869. The van der Waals surface area contributed by atoms with Crippen LogP contribution in [0.4, 0.5) is 0 Å². The van der Waals surface area contributed by atoms with Crippen LogP contribution in [0.15, 0.2) is 24.3 Å². The van der Waals surface area contributed by atoms with Gasteiger partial charge in [-0.25, -0.2) is 0 Å². The average molecular weight is 247 g/mol. The van der Waals surface area contributed by atoms with E-state index in [2.05, 4.69) is 4.90 Å². The van der Waals surface area contributed by atoms with Crippen LogP contribution >= 0.6 is 0 Å². The van der Waals surface area contributed by atoms with Crippen LogP contribution < -0.4 is 4.74 Å². The van der Waals surface area contributed by atoms with E-state index < -0.39 is 5.60 Å². The molecule has 0 bridgehead atoms. The van der Waals surface area contributed by atoms with Crippen LogP contribution in [-0.4, -0.2) is 36.2 Å². The number of hydrogen-bond acceptors (Lipinski definition) is 3. The fourth-order valence-corrected chi connectivity index (χ4v) is 3.42. The molecule has 18 heavy (non-hydrogen) atoms. The van der Waals surface area contributed by atoms with Gasteiger partial charge in [-0.05, 0) is 49.9 Å². The molecule has 2 fully saturated rings. The van der Waals surface area contributed by atoms with Gasteiger partial charge in [-0.15, -0.1) is 0 Å². The van der Waals surface area contributed by atoms with Crippen LogP contribution in [0.25, 0.3) is 0 Å². The molecule has 0 spiro atoms.